The summed E-state index contributed by atoms with van der Waals surface area (Å²) < 4.78 is 0.521. The summed E-state index contributed by atoms with van der Waals surface area (Å²) in [5.74, 6) is -0.817. The maximum Gasteiger partial charge on any atom is 0.286 e. The van der Waals surface area contributed by atoms with E-state index in [0.29, 0.717) is 9.63 Å². The van der Waals surface area contributed by atoms with Crippen LogP contribution in [0.15, 0.2) is 10.7 Å². The van der Waals surface area contributed by atoms with Crippen molar-refractivity contribution in [2.75, 3.05) is 0 Å². The van der Waals surface area contributed by atoms with E-state index in [2.05, 4.69) is 31.8 Å². The van der Waals surface area contributed by atoms with Gasteiger partial charge < -0.3 is 4.98 Å². The van der Waals surface area contributed by atoms with Crippen LogP contribution in [-0.2, 0) is 4.79 Å². The summed E-state index contributed by atoms with van der Waals surface area (Å²) in [6.45, 7) is 1.29. The predicted octanol–water partition coefficient (Wildman–Crippen LogP) is 1.21. The number of hydrazine groups is 1. The lowest BCUT2D eigenvalue weighted by molar-refractivity contribution is -0.119. The van der Waals surface area contributed by atoms with Crippen molar-refractivity contribution >= 4 is 39.3 Å². The smallest absolute Gasteiger partial charge is 0.286 e. The Morgan fingerprint density at radius 3 is 2.57 bits per heavy atom. The molecule has 76 valence electrons. The van der Waals surface area contributed by atoms with E-state index in [1.165, 1.54) is 13.0 Å². The molecule has 0 saturated carbocycles. The second-order valence-electron chi connectivity index (χ2n) is 2.48. The molecule has 0 atom stereocenters. The van der Waals surface area contributed by atoms with Gasteiger partial charge in [-0.3, -0.25) is 20.4 Å². The lowest BCUT2D eigenvalue weighted by Gasteiger charge is -2.02. The molecule has 1 heterocycles. The molecule has 0 aliphatic rings. The van der Waals surface area contributed by atoms with Crippen molar-refractivity contribution in [2.45, 2.75) is 6.92 Å². The summed E-state index contributed by atoms with van der Waals surface area (Å²) in [7, 11) is 0. The minimum atomic E-state index is -0.465. The van der Waals surface area contributed by atoms with Gasteiger partial charge in [0.05, 0.1) is 5.02 Å². The average Bonchev–Trinajstić information content (AvgIpc) is 2.43. The Morgan fingerprint density at radius 1 is 1.50 bits per heavy atom. The summed E-state index contributed by atoms with van der Waals surface area (Å²) in [6.07, 6.45) is 0. The van der Waals surface area contributed by atoms with Crippen LogP contribution in [0.5, 0.6) is 0 Å². The third-order valence-corrected chi connectivity index (χ3v) is 2.47. The van der Waals surface area contributed by atoms with E-state index >= 15 is 0 Å². The molecular weight excluding hydrogens is 273 g/mol. The first kappa shape index (κ1) is 11.1. The molecule has 0 radical (unpaired) electrons. The Kier molecular flexibility index (Phi) is 3.54. The molecule has 0 saturated heterocycles. The lowest BCUT2D eigenvalue weighted by atomic mass is 10.4. The Balaban J connectivity index is 2.65. The molecule has 0 aliphatic heterocycles. The zero-order valence-electron chi connectivity index (χ0n) is 7.15. The van der Waals surface area contributed by atoms with Crippen LogP contribution >= 0.6 is 27.5 Å². The summed E-state index contributed by atoms with van der Waals surface area (Å²) in [5.41, 5.74) is 4.61. The van der Waals surface area contributed by atoms with Gasteiger partial charge in [0.2, 0.25) is 5.91 Å². The van der Waals surface area contributed by atoms with Crippen LogP contribution in [0.3, 0.4) is 0 Å². The molecule has 14 heavy (non-hydrogen) atoms. The fourth-order valence-corrected chi connectivity index (χ4v) is 1.22. The normalized spacial score (nSPS) is 9.64. The molecule has 0 bridgehead atoms. The third-order valence-electron chi connectivity index (χ3n) is 1.32. The predicted molar refractivity (Wildman–Crippen MR) is 54.8 cm³/mol. The van der Waals surface area contributed by atoms with Crippen molar-refractivity contribution in [3.8, 4) is 0 Å². The Bertz CT molecular complexity index is 358. The van der Waals surface area contributed by atoms with E-state index in [1.807, 2.05) is 0 Å². The van der Waals surface area contributed by atoms with E-state index < -0.39 is 5.91 Å². The molecular formula is C7H7BrClN3O2. The zero-order chi connectivity index (χ0) is 10.7. The topological polar surface area (TPSA) is 74.0 Å². The van der Waals surface area contributed by atoms with E-state index in [9.17, 15) is 9.59 Å². The minimum Gasteiger partial charge on any atom is -0.344 e. The second-order valence-corrected chi connectivity index (χ2v) is 3.68. The quantitative estimate of drug-likeness (QED) is 0.677. The molecule has 0 unspecified atom stereocenters. The highest BCUT2D eigenvalue weighted by Crippen LogP contribution is 2.22. The van der Waals surface area contributed by atoms with Crippen molar-refractivity contribution in [1.29, 1.82) is 0 Å². The summed E-state index contributed by atoms with van der Waals surface area (Å²) in [6, 6.07) is 1.45. The van der Waals surface area contributed by atoms with Gasteiger partial charge in [0.1, 0.15) is 10.3 Å². The number of hydrogen-bond acceptors (Lipinski definition) is 2. The molecule has 7 heteroatoms. The molecule has 1 aromatic rings. The van der Waals surface area contributed by atoms with Crippen LogP contribution in [-0.4, -0.2) is 16.8 Å². The molecule has 0 aliphatic carbocycles. The van der Waals surface area contributed by atoms with Gasteiger partial charge >= 0.3 is 0 Å². The first-order chi connectivity index (χ1) is 6.50. The average molecular weight is 281 g/mol. The first-order valence-corrected chi connectivity index (χ1v) is 4.78. The SMILES string of the molecule is CC(=O)NNC(=O)c1cc(Cl)c(Br)[nH]1. The minimum absolute atomic E-state index is 0.260. The van der Waals surface area contributed by atoms with Gasteiger partial charge in [-0.05, 0) is 22.0 Å². The molecule has 5 nitrogen and oxygen atoms in total. The van der Waals surface area contributed by atoms with Crippen LogP contribution < -0.4 is 10.9 Å². The molecule has 0 spiro atoms. The fourth-order valence-electron chi connectivity index (χ4n) is 0.739. The van der Waals surface area contributed by atoms with Gasteiger partial charge in [-0.1, -0.05) is 11.6 Å². The number of amides is 2. The van der Waals surface area contributed by atoms with Gasteiger partial charge in [-0.25, -0.2) is 0 Å². The lowest BCUT2D eigenvalue weighted by Crippen LogP contribution is -2.40. The van der Waals surface area contributed by atoms with E-state index in [0.717, 1.165) is 0 Å². The standard InChI is InChI=1S/C7H7BrClN3O2/c1-3(13)11-12-7(14)5-2-4(9)6(8)10-5/h2,10H,1H3,(H,11,13)(H,12,14). The largest absolute Gasteiger partial charge is 0.344 e. The van der Waals surface area contributed by atoms with Gasteiger partial charge in [0.25, 0.3) is 5.91 Å². The van der Waals surface area contributed by atoms with Gasteiger partial charge in [-0.15, -0.1) is 0 Å². The maximum atomic E-state index is 11.3. The summed E-state index contributed by atoms with van der Waals surface area (Å²) in [4.78, 5) is 24.4. The highest BCUT2D eigenvalue weighted by molar-refractivity contribution is 9.10. The number of rotatable bonds is 1. The van der Waals surface area contributed by atoms with E-state index in [4.69, 9.17) is 11.6 Å². The van der Waals surface area contributed by atoms with Crippen molar-refractivity contribution in [1.82, 2.24) is 15.8 Å². The summed E-state index contributed by atoms with van der Waals surface area (Å²) >= 11 is 8.80. The van der Waals surface area contributed by atoms with E-state index in [1.54, 1.807) is 0 Å². The second kappa shape index (κ2) is 4.47. The number of hydrogen-bond donors (Lipinski definition) is 3. The van der Waals surface area contributed by atoms with Crippen LogP contribution in [0, 0.1) is 0 Å². The molecule has 3 N–H and O–H groups in total. The molecule has 1 aromatic heterocycles. The van der Waals surface area contributed by atoms with Crippen LogP contribution in [0.1, 0.15) is 17.4 Å². The number of carbonyl (C=O) groups excluding carboxylic acids is 2. The van der Waals surface area contributed by atoms with Crippen molar-refractivity contribution in [2.24, 2.45) is 0 Å². The number of aromatic amines is 1. The number of H-pyrrole nitrogens is 1. The number of halogens is 2. The number of nitrogens with one attached hydrogen (secondary N) is 3. The Morgan fingerprint density at radius 2 is 2.14 bits per heavy atom. The number of aromatic nitrogens is 1. The van der Waals surface area contributed by atoms with Crippen LogP contribution in [0.4, 0.5) is 0 Å². The van der Waals surface area contributed by atoms with Crippen LogP contribution in [0.25, 0.3) is 0 Å². The van der Waals surface area contributed by atoms with E-state index in [-0.39, 0.29) is 11.6 Å². The Labute approximate surface area is 93.3 Å². The van der Waals surface area contributed by atoms with Crippen molar-refractivity contribution in [3.05, 3.63) is 21.4 Å². The van der Waals surface area contributed by atoms with Gasteiger partial charge in [0, 0.05) is 6.92 Å². The zero-order valence-corrected chi connectivity index (χ0v) is 9.49. The molecule has 2 amide bonds. The van der Waals surface area contributed by atoms with Crippen molar-refractivity contribution < 1.29 is 9.59 Å². The maximum absolute atomic E-state index is 11.3. The monoisotopic (exact) mass is 279 g/mol. The van der Waals surface area contributed by atoms with Gasteiger partial charge in [-0.2, -0.15) is 0 Å². The molecule has 1 rings (SSSR count). The fraction of sp³-hybridized carbons (Fsp3) is 0.143. The summed E-state index contributed by atoms with van der Waals surface area (Å²) in [5, 5.41) is 0.401. The van der Waals surface area contributed by atoms with Gasteiger partial charge in [0.15, 0.2) is 0 Å². The van der Waals surface area contributed by atoms with Crippen molar-refractivity contribution in [3.63, 3.8) is 0 Å². The van der Waals surface area contributed by atoms with Crippen LogP contribution in [0.2, 0.25) is 5.02 Å². The highest BCUT2D eigenvalue weighted by Gasteiger charge is 2.10. The molecule has 0 aromatic carbocycles. The molecule has 0 fully saturated rings. The Hall–Kier alpha value is -1.01. The highest BCUT2D eigenvalue weighted by atomic mass is 79.9. The third kappa shape index (κ3) is 2.74. The first-order valence-electron chi connectivity index (χ1n) is 3.61. The number of carbonyl (C=O) groups is 2.